The molecule has 3 nitrogen and oxygen atoms in total. The summed E-state index contributed by atoms with van der Waals surface area (Å²) in [6.45, 7) is 1.85. The van der Waals surface area contributed by atoms with Gasteiger partial charge in [0, 0.05) is 5.69 Å². The lowest BCUT2D eigenvalue weighted by Gasteiger charge is -2.10. The predicted octanol–water partition coefficient (Wildman–Crippen LogP) is 4.05. The van der Waals surface area contributed by atoms with Gasteiger partial charge in [0.05, 0.1) is 17.7 Å². The lowest BCUT2D eigenvalue weighted by molar-refractivity contribution is 0.102. The van der Waals surface area contributed by atoms with Crippen molar-refractivity contribution in [3.8, 4) is 5.75 Å². The zero-order valence-electron chi connectivity index (χ0n) is 11.0. The van der Waals surface area contributed by atoms with E-state index in [9.17, 15) is 9.18 Å². The fourth-order valence-corrected chi connectivity index (χ4v) is 2.02. The van der Waals surface area contributed by atoms with Crippen LogP contribution >= 0.6 is 11.6 Å². The van der Waals surface area contributed by atoms with E-state index in [2.05, 4.69) is 5.32 Å². The highest BCUT2D eigenvalue weighted by molar-refractivity contribution is 6.34. The first-order valence-corrected chi connectivity index (χ1v) is 6.30. The maximum atomic E-state index is 13.0. The van der Waals surface area contributed by atoms with E-state index in [0.29, 0.717) is 11.4 Å². The minimum Gasteiger partial charge on any atom is -0.497 e. The number of benzene rings is 2. The highest BCUT2D eigenvalue weighted by Crippen LogP contribution is 2.23. The van der Waals surface area contributed by atoms with Crippen molar-refractivity contribution >= 4 is 23.2 Å². The Morgan fingerprint density at radius 2 is 2.00 bits per heavy atom. The van der Waals surface area contributed by atoms with Crippen molar-refractivity contribution in [1.82, 2.24) is 0 Å². The molecule has 0 heterocycles. The maximum Gasteiger partial charge on any atom is 0.257 e. The summed E-state index contributed by atoms with van der Waals surface area (Å²) in [5, 5.41) is 2.81. The summed E-state index contributed by atoms with van der Waals surface area (Å²) in [4.78, 5) is 12.1. The van der Waals surface area contributed by atoms with Crippen LogP contribution in [0.1, 0.15) is 15.9 Å². The highest BCUT2D eigenvalue weighted by Gasteiger charge is 2.12. The first-order valence-electron chi connectivity index (χ1n) is 5.92. The molecule has 5 heteroatoms. The third kappa shape index (κ3) is 3.08. The van der Waals surface area contributed by atoms with Crippen LogP contribution in [-0.4, -0.2) is 13.0 Å². The molecule has 2 rings (SSSR count). The molecule has 0 aliphatic rings. The van der Waals surface area contributed by atoms with E-state index in [4.69, 9.17) is 16.3 Å². The molecule has 0 atom stereocenters. The van der Waals surface area contributed by atoms with Crippen molar-refractivity contribution in [1.29, 1.82) is 0 Å². The van der Waals surface area contributed by atoms with E-state index in [1.165, 1.54) is 12.1 Å². The van der Waals surface area contributed by atoms with Gasteiger partial charge >= 0.3 is 0 Å². The number of carbonyl (C=O) groups excluding carboxylic acids is 1. The van der Waals surface area contributed by atoms with E-state index in [0.717, 1.165) is 11.6 Å². The number of halogens is 2. The number of hydrogen-bond acceptors (Lipinski definition) is 2. The van der Waals surface area contributed by atoms with Gasteiger partial charge in [0.1, 0.15) is 11.6 Å². The van der Waals surface area contributed by atoms with Crippen LogP contribution < -0.4 is 10.1 Å². The number of nitrogens with one attached hydrogen (secondary N) is 1. The molecule has 0 fully saturated rings. The fourth-order valence-electron chi connectivity index (χ4n) is 1.77. The van der Waals surface area contributed by atoms with Gasteiger partial charge in [0.15, 0.2) is 0 Å². The molecule has 20 heavy (non-hydrogen) atoms. The topological polar surface area (TPSA) is 38.3 Å². The SMILES string of the molecule is COc1ccc(NC(=O)c2ccc(F)cc2Cl)c(C)c1. The molecule has 0 spiro atoms. The monoisotopic (exact) mass is 293 g/mol. The fraction of sp³-hybridized carbons (Fsp3) is 0.133. The van der Waals surface area contributed by atoms with Gasteiger partial charge in [-0.1, -0.05) is 11.6 Å². The average Bonchev–Trinajstić information content (AvgIpc) is 2.40. The second kappa shape index (κ2) is 5.92. The van der Waals surface area contributed by atoms with E-state index >= 15 is 0 Å². The molecule has 0 radical (unpaired) electrons. The van der Waals surface area contributed by atoms with Crippen LogP contribution in [0, 0.1) is 12.7 Å². The zero-order valence-corrected chi connectivity index (χ0v) is 11.8. The first-order chi connectivity index (χ1) is 9.51. The third-order valence-electron chi connectivity index (χ3n) is 2.86. The smallest absolute Gasteiger partial charge is 0.257 e. The Bertz CT molecular complexity index is 658. The lowest BCUT2D eigenvalue weighted by atomic mass is 10.1. The molecular weight excluding hydrogens is 281 g/mol. The van der Waals surface area contributed by atoms with Crippen LogP contribution in [0.3, 0.4) is 0 Å². The molecule has 0 aliphatic carbocycles. The maximum absolute atomic E-state index is 13.0. The van der Waals surface area contributed by atoms with Crippen molar-refractivity contribution in [2.75, 3.05) is 12.4 Å². The molecule has 0 saturated heterocycles. The minimum absolute atomic E-state index is 0.0775. The van der Waals surface area contributed by atoms with E-state index in [1.54, 1.807) is 19.2 Å². The number of rotatable bonds is 3. The molecule has 0 aromatic heterocycles. The van der Waals surface area contributed by atoms with Crippen molar-refractivity contribution in [3.63, 3.8) is 0 Å². The van der Waals surface area contributed by atoms with Crippen molar-refractivity contribution < 1.29 is 13.9 Å². The minimum atomic E-state index is -0.479. The molecule has 1 N–H and O–H groups in total. The second-order valence-corrected chi connectivity index (χ2v) is 4.67. The van der Waals surface area contributed by atoms with Crippen LogP contribution in [0.4, 0.5) is 10.1 Å². The number of aryl methyl sites for hydroxylation is 1. The Morgan fingerprint density at radius 3 is 2.60 bits per heavy atom. The summed E-state index contributed by atoms with van der Waals surface area (Å²) in [6, 6.07) is 8.95. The summed E-state index contributed by atoms with van der Waals surface area (Å²) in [5.41, 5.74) is 1.73. The van der Waals surface area contributed by atoms with Crippen LogP contribution in [0.15, 0.2) is 36.4 Å². The van der Waals surface area contributed by atoms with Gasteiger partial charge in [-0.05, 0) is 48.9 Å². The Labute approximate surface area is 121 Å². The van der Waals surface area contributed by atoms with Crippen LogP contribution in [0.5, 0.6) is 5.75 Å². The molecule has 2 aromatic rings. The number of anilines is 1. The van der Waals surface area contributed by atoms with Crippen LogP contribution in [0.2, 0.25) is 5.02 Å². The van der Waals surface area contributed by atoms with Crippen LogP contribution in [0.25, 0.3) is 0 Å². The molecule has 0 bridgehead atoms. The molecule has 104 valence electrons. The van der Waals surface area contributed by atoms with Gasteiger partial charge in [-0.3, -0.25) is 4.79 Å². The molecule has 1 amide bonds. The largest absolute Gasteiger partial charge is 0.497 e. The Morgan fingerprint density at radius 1 is 1.25 bits per heavy atom. The van der Waals surface area contributed by atoms with Gasteiger partial charge in [-0.25, -0.2) is 4.39 Å². The Hall–Kier alpha value is -2.07. The molecule has 0 aliphatic heterocycles. The number of amides is 1. The second-order valence-electron chi connectivity index (χ2n) is 4.26. The quantitative estimate of drug-likeness (QED) is 0.927. The summed E-state index contributed by atoms with van der Waals surface area (Å²) in [6.07, 6.45) is 0. The van der Waals surface area contributed by atoms with E-state index in [-0.39, 0.29) is 16.5 Å². The van der Waals surface area contributed by atoms with Gasteiger partial charge in [-0.15, -0.1) is 0 Å². The van der Waals surface area contributed by atoms with Gasteiger partial charge in [0.2, 0.25) is 0 Å². The van der Waals surface area contributed by atoms with Gasteiger partial charge in [-0.2, -0.15) is 0 Å². The number of carbonyl (C=O) groups is 1. The van der Waals surface area contributed by atoms with Gasteiger partial charge < -0.3 is 10.1 Å². The standard InChI is InChI=1S/C15H13ClFNO2/c1-9-7-11(20-2)4-6-14(9)18-15(19)12-5-3-10(17)8-13(12)16/h3-8H,1-2H3,(H,18,19). The van der Waals surface area contributed by atoms with Crippen LogP contribution in [-0.2, 0) is 0 Å². The molecular formula is C15H13ClFNO2. The van der Waals surface area contributed by atoms with Crippen molar-refractivity contribution in [3.05, 3.63) is 58.4 Å². The van der Waals surface area contributed by atoms with E-state index in [1.807, 2.05) is 13.0 Å². The van der Waals surface area contributed by atoms with Crippen molar-refractivity contribution in [2.24, 2.45) is 0 Å². The molecule has 0 unspecified atom stereocenters. The summed E-state index contributed by atoms with van der Waals surface area (Å²) < 4.78 is 18.1. The van der Waals surface area contributed by atoms with Crippen molar-refractivity contribution in [2.45, 2.75) is 6.92 Å². The number of methoxy groups -OCH3 is 1. The first kappa shape index (κ1) is 14.3. The summed E-state index contributed by atoms with van der Waals surface area (Å²) in [5.74, 6) is -0.157. The Kier molecular flexibility index (Phi) is 4.25. The highest BCUT2D eigenvalue weighted by atomic mass is 35.5. The molecule has 0 saturated carbocycles. The van der Waals surface area contributed by atoms with Gasteiger partial charge in [0.25, 0.3) is 5.91 Å². The normalized spacial score (nSPS) is 10.2. The summed E-state index contributed by atoms with van der Waals surface area (Å²) >= 11 is 5.86. The average molecular weight is 294 g/mol. The molecule has 2 aromatic carbocycles. The predicted molar refractivity (Wildman–Crippen MR) is 77.1 cm³/mol. The van der Waals surface area contributed by atoms with E-state index < -0.39 is 5.82 Å². The third-order valence-corrected chi connectivity index (χ3v) is 3.17. The summed E-state index contributed by atoms with van der Waals surface area (Å²) in [7, 11) is 1.57. The number of hydrogen-bond donors (Lipinski definition) is 1. The number of ether oxygens (including phenoxy) is 1. The Balaban J connectivity index is 2.23. The zero-order chi connectivity index (χ0) is 14.7. The lowest BCUT2D eigenvalue weighted by Crippen LogP contribution is -2.13.